The van der Waals surface area contributed by atoms with E-state index in [0.717, 1.165) is 19.3 Å². The number of hydrogen-bond acceptors (Lipinski definition) is 2. The molecule has 1 N–H and O–H groups in total. The van der Waals surface area contributed by atoms with E-state index in [-0.39, 0.29) is 17.5 Å². The smallest absolute Gasteiger partial charge is 0.321 e. The summed E-state index contributed by atoms with van der Waals surface area (Å²) in [6, 6.07) is 17.8. The van der Waals surface area contributed by atoms with Crippen LogP contribution < -0.4 is 5.32 Å². The standard InChI is InChI=1S/C25H31N3O/c1-5-20-10-6-7-11-22(20)25(3)16-8-9-18(2)23(25)28(4)24(29)27-21-14-12-19(17-26)13-15-21/h6-7,10-15,18,23H,5,8-9,16H2,1-4H3,(H,27,29)/t18?,23-,25+/m0/s1. The van der Waals surface area contributed by atoms with Crippen LogP contribution in [-0.4, -0.2) is 24.0 Å². The summed E-state index contributed by atoms with van der Waals surface area (Å²) >= 11 is 0. The number of nitrogens with zero attached hydrogens (tertiary/aromatic N) is 2. The van der Waals surface area contributed by atoms with Gasteiger partial charge in [-0.2, -0.15) is 5.26 Å². The van der Waals surface area contributed by atoms with Crippen LogP contribution >= 0.6 is 0 Å². The molecule has 3 atom stereocenters. The first-order valence-electron chi connectivity index (χ1n) is 10.5. The van der Waals surface area contributed by atoms with E-state index >= 15 is 0 Å². The summed E-state index contributed by atoms with van der Waals surface area (Å²) in [7, 11) is 1.91. The molecule has 1 unspecified atom stereocenters. The van der Waals surface area contributed by atoms with Gasteiger partial charge in [0.1, 0.15) is 0 Å². The number of hydrogen-bond donors (Lipinski definition) is 1. The van der Waals surface area contributed by atoms with Gasteiger partial charge in [-0.3, -0.25) is 0 Å². The number of anilines is 1. The van der Waals surface area contributed by atoms with Gasteiger partial charge in [-0.15, -0.1) is 0 Å². The Hall–Kier alpha value is -2.80. The lowest BCUT2D eigenvalue weighted by Crippen LogP contribution is -2.56. The van der Waals surface area contributed by atoms with Gasteiger partial charge in [0.15, 0.2) is 0 Å². The van der Waals surface area contributed by atoms with Crippen LogP contribution in [0.4, 0.5) is 10.5 Å². The summed E-state index contributed by atoms with van der Waals surface area (Å²) < 4.78 is 0. The second-order valence-corrected chi connectivity index (χ2v) is 8.47. The summed E-state index contributed by atoms with van der Waals surface area (Å²) in [6.07, 6.45) is 4.38. The zero-order chi connectivity index (χ0) is 21.0. The van der Waals surface area contributed by atoms with Gasteiger partial charge in [-0.25, -0.2) is 4.79 Å². The largest absolute Gasteiger partial charge is 0.323 e. The SMILES string of the molecule is CCc1ccccc1[C@@]1(C)CCCC(C)[C@@H]1N(C)C(=O)Nc1ccc(C#N)cc1. The molecule has 0 saturated heterocycles. The van der Waals surface area contributed by atoms with Crippen LogP contribution in [0.15, 0.2) is 48.5 Å². The third-order valence-electron chi connectivity index (χ3n) is 6.56. The fourth-order valence-corrected chi connectivity index (χ4v) is 5.18. The maximum Gasteiger partial charge on any atom is 0.321 e. The number of aryl methyl sites for hydroxylation is 1. The van der Waals surface area contributed by atoms with Crippen molar-refractivity contribution in [3.8, 4) is 6.07 Å². The fraction of sp³-hybridized carbons (Fsp3) is 0.440. The third-order valence-corrected chi connectivity index (χ3v) is 6.56. The molecule has 29 heavy (non-hydrogen) atoms. The lowest BCUT2D eigenvalue weighted by atomic mass is 9.62. The Morgan fingerprint density at radius 2 is 1.93 bits per heavy atom. The number of nitriles is 1. The predicted molar refractivity (Wildman–Crippen MR) is 118 cm³/mol. The molecule has 4 heteroatoms. The highest BCUT2D eigenvalue weighted by atomic mass is 16.2. The molecule has 1 saturated carbocycles. The van der Waals surface area contributed by atoms with Crippen molar-refractivity contribution in [2.75, 3.05) is 12.4 Å². The number of carbonyl (C=O) groups is 1. The van der Waals surface area contributed by atoms with Crippen molar-refractivity contribution in [3.63, 3.8) is 0 Å². The Kier molecular flexibility index (Phi) is 6.27. The maximum absolute atomic E-state index is 13.1. The van der Waals surface area contributed by atoms with E-state index in [2.05, 4.69) is 56.4 Å². The van der Waals surface area contributed by atoms with E-state index in [1.807, 2.05) is 11.9 Å². The molecule has 1 fully saturated rings. The number of benzene rings is 2. The Balaban J connectivity index is 1.89. The van der Waals surface area contributed by atoms with Gasteiger partial charge >= 0.3 is 6.03 Å². The number of rotatable bonds is 4. The van der Waals surface area contributed by atoms with Crippen molar-refractivity contribution >= 4 is 11.7 Å². The number of urea groups is 1. The maximum atomic E-state index is 13.1. The molecule has 0 aromatic heterocycles. The van der Waals surface area contributed by atoms with Crippen molar-refractivity contribution in [1.82, 2.24) is 4.90 Å². The number of nitrogens with one attached hydrogen (secondary N) is 1. The molecular formula is C25H31N3O. The van der Waals surface area contributed by atoms with Crippen LogP contribution in [0.1, 0.15) is 56.7 Å². The van der Waals surface area contributed by atoms with Crippen molar-refractivity contribution < 1.29 is 4.79 Å². The molecule has 0 spiro atoms. The van der Waals surface area contributed by atoms with Gasteiger partial charge in [-0.05, 0) is 60.6 Å². The van der Waals surface area contributed by atoms with Gasteiger partial charge in [0.05, 0.1) is 11.6 Å². The minimum Gasteiger partial charge on any atom is -0.323 e. The van der Waals surface area contributed by atoms with Crippen molar-refractivity contribution in [2.45, 2.75) is 57.9 Å². The fourth-order valence-electron chi connectivity index (χ4n) is 5.18. The lowest BCUT2D eigenvalue weighted by Gasteiger charge is -2.50. The predicted octanol–water partition coefficient (Wildman–Crippen LogP) is 5.73. The third kappa shape index (κ3) is 4.15. The summed E-state index contributed by atoms with van der Waals surface area (Å²) in [5.41, 5.74) is 3.95. The molecule has 0 heterocycles. The van der Waals surface area contributed by atoms with Crippen molar-refractivity contribution in [3.05, 3.63) is 65.2 Å². The van der Waals surface area contributed by atoms with Crippen LogP contribution in [0.2, 0.25) is 0 Å². The van der Waals surface area contributed by atoms with Crippen LogP contribution in [0.3, 0.4) is 0 Å². The van der Waals surface area contributed by atoms with Crippen LogP contribution in [-0.2, 0) is 11.8 Å². The Labute approximate surface area is 174 Å². The first-order valence-corrected chi connectivity index (χ1v) is 10.5. The molecule has 1 aliphatic rings. The molecule has 2 amide bonds. The number of amides is 2. The number of carbonyl (C=O) groups excluding carboxylic acids is 1. The highest BCUT2D eigenvalue weighted by Gasteiger charge is 2.46. The average Bonchev–Trinajstić information content (AvgIpc) is 2.74. The average molecular weight is 390 g/mol. The molecule has 0 aliphatic heterocycles. The molecule has 2 aromatic rings. The van der Waals surface area contributed by atoms with Gasteiger partial charge in [0.25, 0.3) is 0 Å². The molecular weight excluding hydrogens is 358 g/mol. The van der Waals surface area contributed by atoms with E-state index in [0.29, 0.717) is 17.2 Å². The van der Waals surface area contributed by atoms with Gasteiger partial charge in [0, 0.05) is 24.2 Å². The highest BCUT2D eigenvalue weighted by Crippen LogP contribution is 2.45. The van der Waals surface area contributed by atoms with Crippen molar-refractivity contribution in [2.24, 2.45) is 5.92 Å². The van der Waals surface area contributed by atoms with Crippen LogP contribution in [0.25, 0.3) is 0 Å². The van der Waals surface area contributed by atoms with Gasteiger partial charge in [0.2, 0.25) is 0 Å². The van der Waals surface area contributed by atoms with E-state index in [4.69, 9.17) is 5.26 Å². The Morgan fingerprint density at radius 1 is 1.24 bits per heavy atom. The lowest BCUT2D eigenvalue weighted by molar-refractivity contribution is 0.0889. The second kappa shape index (κ2) is 8.69. The molecule has 0 radical (unpaired) electrons. The minimum absolute atomic E-state index is 0.0823. The topological polar surface area (TPSA) is 56.1 Å². The van der Waals surface area contributed by atoms with Gasteiger partial charge < -0.3 is 10.2 Å². The van der Waals surface area contributed by atoms with Crippen molar-refractivity contribution in [1.29, 1.82) is 5.26 Å². The molecule has 3 rings (SSSR count). The number of likely N-dealkylation sites (N-methyl/N-ethyl adjacent to an activating group) is 1. The van der Waals surface area contributed by atoms with E-state index < -0.39 is 0 Å². The second-order valence-electron chi connectivity index (χ2n) is 8.47. The quantitative estimate of drug-likeness (QED) is 0.726. The van der Waals surface area contributed by atoms with E-state index in [9.17, 15) is 4.79 Å². The zero-order valence-corrected chi connectivity index (χ0v) is 17.9. The molecule has 2 aromatic carbocycles. The minimum atomic E-state index is -0.103. The molecule has 1 aliphatic carbocycles. The zero-order valence-electron chi connectivity index (χ0n) is 17.9. The normalized spacial score (nSPS) is 23.8. The van der Waals surface area contributed by atoms with Crippen LogP contribution in [0, 0.1) is 17.2 Å². The van der Waals surface area contributed by atoms with Gasteiger partial charge in [-0.1, -0.05) is 51.5 Å². The van der Waals surface area contributed by atoms with Crippen LogP contribution in [0.5, 0.6) is 0 Å². The molecule has 4 nitrogen and oxygen atoms in total. The monoisotopic (exact) mass is 389 g/mol. The summed E-state index contributed by atoms with van der Waals surface area (Å²) in [6.45, 7) is 6.79. The molecule has 0 bridgehead atoms. The highest BCUT2D eigenvalue weighted by molar-refractivity contribution is 5.89. The van der Waals surface area contributed by atoms with E-state index in [1.165, 1.54) is 17.5 Å². The summed E-state index contributed by atoms with van der Waals surface area (Å²) in [5.74, 6) is 0.412. The molecule has 152 valence electrons. The summed E-state index contributed by atoms with van der Waals surface area (Å²) in [4.78, 5) is 15.0. The van der Waals surface area contributed by atoms with E-state index in [1.54, 1.807) is 24.3 Å². The Morgan fingerprint density at radius 3 is 2.59 bits per heavy atom. The first-order chi connectivity index (χ1) is 13.9. The first kappa shape index (κ1) is 20.9. The summed E-state index contributed by atoms with van der Waals surface area (Å²) in [5, 5.41) is 12.0. The Bertz CT molecular complexity index is 899.